The van der Waals surface area contributed by atoms with Crippen molar-refractivity contribution >= 4 is 5.91 Å². The number of carbonyl (C=O) groups excluding carboxylic acids is 1. The molecule has 1 aromatic carbocycles. The van der Waals surface area contributed by atoms with Crippen LogP contribution >= 0.6 is 0 Å². The molecule has 0 aliphatic heterocycles. The second-order valence-corrected chi connectivity index (χ2v) is 4.43. The normalized spacial score (nSPS) is 12.2. The molecular weight excluding hydrogens is 266 g/mol. The van der Waals surface area contributed by atoms with Gasteiger partial charge in [0.2, 0.25) is 5.91 Å². The number of benzene rings is 1. The van der Waals surface area contributed by atoms with Gasteiger partial charge < -0.3 is 15.4 Å². The maximum absolute atomic E-state index is 12.2. The minimum absolute atomic E-state index is 0.0764. The van der Waals surface area contributed by atoms with Gasteiger partial charge in [-0.25, -0.2) is 0 Å². The molecule has 0 saturated heterocycles. The zero-order chi connectivity index (χ0) is 15.0. The topological polar surface area (TPSA) is 50.4 Å². The number of rotatable bonds is 8. The molecule has 1 aromatic rings. The molecule has 6 heteroatoms. The average molecular weight is 286 g/mol. The Labute approximate surface area is 117 Å². The van der Waals surface area contributed by atoms with Crippen LogP contribution in [0.3, 0.4) is 0 Å². The quantitative estimate of drug-likeness (QED) is 0.771. The Balaban J connectivity index is 2.50. The van der Waals surface area contributed by atoms with Crippen molar-refractivity contribution in [3.63, 3.8) is 0 Å². The molecule has 0 aliphatic carbocycles. The molecule has 0 fully saturated rings. The van der Waals surface area contributed by atoms with Gasteiger partial charge in [0.1, 0.15) is 5.75 Å². The summed E-state index contributed by atoms with van der Waals surface area (Å²) in [6.07, 6.45) is 0.339. The lowest BCUT2D eigenvalue weighted by molar-refractivity contribution is -0.121. The van der Waals surface area contributed by atoms with E-state index in [-0.39, 0.29) is 24.2 Å². The number of halogens is 2. The third-order valence-corrected chi connectivity index (χ3v) is 2.71. The highest BCUT2D eigenvalue weighted by Crippen LogP contribution is 2.19. The van der Waals surface area contributed by atoms with Crippen LogP contribution in [0.4, 0.5) is 8.78 Å². The number of alkyl halides is 2. The van der Waals surface area contributed by atoms with E-state index in [0.29, 0.717) is 12.0 Å². The first-order chi connectivity index (χ1) is 9.52. The summed E-state index contributed by atoms with van der Waals surface area (Å²) in [4.78, 5) is 11.7. The fraction of sp³-hybridized carbons (Fsp3) is 0.500. The molecule has 0 aromatic heterocycles. The average Bonchev–Trinajstić information content (AvgIpc) is 2.37. The zero-order valence-electron chi connectivity index (χ0n) is 11.7. The van der Waals surface area contributed by atoms with Crippen LogP contribution in [0.15, 0.2) is 24.3 Å². The first-order valence-corrected chi connectivity index (χ1v) is 6.55. The summed E-state index contributed by atoms with van der Waals surface area (Å²) in [6.45, 7) is 1.96. The molecule has 0 spiro atoms. The molecule has 4 nitrogen and oxygen atoms in total. The number of ether oxygens (including phenoxy) is 1. The summed E-state index contributed by atoms with van der Waals surface area (Å²) in [5, 5.41) is 5.83. The van der Waals surface area contributed by atoms with Crippen molar-refractivity contribution in [1.29, 1.82) is 0 Å². The van der Waals surface area contributed by atoms with E-state index < -0.39 is 6.61 Å². The summed E-state index contributed by atoms with van der Waals surface area (Å²) in [6, 6.07) is 6.49. The Morgan fingerprint density at radius 1 is 1.35 bits per heavy atom. The highest BCUT2D eigenvalue weighted by molar-refractivity contribution is 5.76. The van der Waals surface area contributed by atoms with E-state index in [4.69, 9.17) is 0 Å². The van der Waals surface area contributed by atoms with Gasteiger partial charge in [-0.15, -0.1) is 0 Å². The van der Waals surface area contributed by atoms with Crippen molar-refractivity contribution in [2.45, 2.75) is 39.5 Å². The number of hydrogen-bond donors (Lipinski definition) is 2. The second-order valence-electron chi connectivity index (χ2n) is 4.43. The van der Waals surface area contributed by atoms with Gasteiger partial charge in [-0.1, -0.05) is 25.1 Å². The summed E-state index contributed by atoms with van der Waals surface area (Å²) in [7, 11) is 0. The van der Waals surface area contributed by atoms with Gasteiger partial charge in [0.15, 0.2) is 0 Å². The summed E-state index contributed by atoms with van der Waals surface area (Å²) >= 11 is 0. The summed E-state index contributed by atoms with van der Waals surface area (Å²) in [5.74, 6) is -0.0483. The molecule has 1 amide bonds. The second kappa shape index (κ2) is 8.47. The van der Waals surface area contributed by atoms with E-state index >= 15 is 0 Å². The van der Waals surface area contributed by atoms with Crippen LogP contribution in [0, 0.1) is 0 Å². The van der Waals surface area contributed by atoms with E-state index in [2.05, 4.69) is 15.4 Å². The molecule has 0 bridgehead atoms. The van der Waals surface area contributed by atoms with E-state index in [1.807, 2.05) is 13.8 Å². The SMILES string of the molecule is CCNC(C)CC(=O)NCc1ccccc1OC(F)F. The highest BCUT2D eigenvalue weighted by atomic mass is 19.3. The van der Waals surface area contributed by atoms with Gasteiger partial charge >= 0.3 is 6.61 Å². The van der Waals surface area contributed by atoms with E-state index in [1.54, 1.807) is 18.2 Å². The molecule has 1 unspecified atom stereocenters. The van der Waals surface area contributed by atoms with Crippen molar-refractivity contribution in [2.75, 3.05) is 6.54 Å². The van der Waals surface area contributed by atoms with Crippen LogP contribution in [0.5, 0.6) is 5.75 Å². The van der Waals surface area contributed by atoms with Crippen LogP contribution in [0.2, 0.25) is 0 Å². The Bertz CT molecular complexity index is 427. The zero-order valence-corrected chi connectivity index (χ0v) is 11.7. The maximum Gasteiger partial charge on any atom is 0.387 e. The predicted octanol–water partition coefficient (Wildman–Crippen LogP) is 2.29. The molecule has 1 rings (SSSR count). The van der Waals surface area contributed by atoms with Crippen molar-refractivity contribution < 1.29 is 18.3 Å². The Kier molecular flexibility index (Phi) is 6.93. The lowest BCUT2D eigenvalue weighted by atomic mass is 10.2. The number of nitrogens with one attached hydrogen (secondary N) is 2. The predicted molar refractivity (Wildman–Crippen MR) is 72.7 cm³/mol. The fourth-order valence-electron chi connectivity index (χ4n) is 1.83. The molecule has 1 atom stereocenters. The Morgan fingerprint density at radius 2 is 2.05 bits per heavy atom. The highest BCUT2D eigenvalue weighted by Gasteiger charge is 2.11. The van der Waals surface area contributed by atoms with Crippen LogP contribution < -0.4 is 15.4 Å². The first kappa shape index (κ1) is 16.4. The lowest BCUT2D eigenvalue weighted by Gasteiger charge is -2.14. The fourth-order valence-corrected chi connectivity index (χ4v) is 1.83. The number of hydrogen-bond acceptors (Lipinski definition) is 3. The Morgan fingerprint density at radius 3 is 2.70 bits per heavy atom. The number of carbonyl (C=O) groups is 1. The van der Waals surface area contributed by atoms with Crippen LogP contribution in [-0.4, -0.2) is 25.1 Å². The first-order valence-electron chi connectivity index (χ1n) is 6.55. The smallest absolute Gasteiger partial charge is 0.387 e. The van der Waals surface area contributed by atoms with Gasteiger partial charge in [0.05, 0.1) is 0 Å². The molecule has 2 N–H and O–H groups in total. The summed E-state index contributed by atoms with van der Waals surface area (Å²) in [5.41, 5.74) is 0.525. The lowest BCUT2D eigenvalue weighted by Crippen LogP contribution is -2.33. The minimum Gasteiger partial charge on any atom is -0.434 e. The third kappa shape index (κ3) is 5.97. The molecule has 20 heavy (non-hydrogen) atoms. The molecule has 0 saturated carbocycles. The number of para-hydroxylation sites is 1. The third-order valence-electron chi connectivity index (χ3n) is 2.71. The van der Waals surface area contributed by atoms with Crippen molar-refractivity contribution in [3.8, 4) is 5.75 Å². The van der Waals surface area contributed by atoms with Gasteiger partial charge in [0.25, 0.3) is 0 Å². The van der Waals surface area contributed by atoms with Crippen LogP contribution in [0.1, 0.15) is 25.8 Å². The van der Waals surface area contributed by atoms with Gasteiger partial charge in [-0.05, 0) is 19.5 Å². The van der Waals surface area contributed by atoms with E-state index in [0.717, 1.165) is 6.54 Å². The maximum atomic E-state index is 12.2. The molecule has 0 radical (unpaired) electrons. The van der Waals surface area contributed by atoms with E-state index in [9.17, 15) is 13.6 Å². The summed E-state index contributed by atoms with van der Waals surface area (Å²) < 4.78 is 28.9. The number of amides is 1. The van der Waals surface area contributed by atoms with Crippen molar-refractivity contribution in [3.05, 3.63) is 29.8 Å². The van der Waals surface area contributed by atoms with Crippen molar-refractivity contribution in [2.24, 2.45) is 0 Å². The van der Waals surface area contributed by atoms with Crippen LogP contribution in [0.25, 0.3) is 0 Å². The standard InChI is InChI=1S/C14H20F2N2O2/c1-3-17-10(2)8-13(19)18-9-11-6-4-5-7-12(11)20-14(15)16/h4-7,10,14,17H,3,8-9H2,1-2H3,(H,18,19). The molecule has 112 valence electrons. The minimum atomic E-state index is -2.87. The largest absolute Gasteiger partial charge is 0.434 e. The van der Waals surface area contributed by atoms with Gasteiger partial charge in [-0.3, -0.25) is 4.79 Å². The molecular formula is C14H20F2N2O2. The van der Waals surface area contributed by atoms with E-state index in [1.165, 1.54) is 6.07 Å². The molecule has 0 heterocycles. The van der Waals surface area contributed by atoms with Crippen LogP contribution in [-0.2, 0) is 11.3 Å². The van der Waals surface area contributed by atoms with Gasteiger partial charge in [-0.2, -0.15) is 8.78 Å². The van der Waals surface area contributed by atoms with Gasteiger partial charge in [0, 0.05) is 24.6 Å². The monoisotopic (exact) mass is 286 g/mol. The Hall–Kier alpha value is -1.69. The van der Waals surface area contributed by atoms with Crippen molar-refractivity contribution in [1.82, 2.24) is 10.6 Å². The molecule has 0 aliphatic rings.